The summed E-state index contributed by atoms with van der Waals surface area (Å²) in [6, 6.07) is 0. The number of amides is 1. The van der Waals surface area contributed by atoms with Crippen molar-refractivity contribution in [3.8, 4) is 0 Å². The van der Waals surface area contributed by atoms with Crippen LogP contribution in [-0.4, -0.2) is 34.1 Å². The first kappa shape index (κ1) is 15.8. The van der Waals surface area contributed by atoms with Gasteiger partial charge in [-0.25, -0.2) is 0 Å². The molecule has 0 bridgehead atoms. The van der Waals surface area contributed by atoms with Gasteiger partial charge in [0, 0.05) is 23.0 Å². The van der Waals surface area contributed by atoms with Gasteiger partial charge >= 0.3 is 0 Å². The van der Waals surface area contributed by atoms with Crippen molar-refractivity contribution in [1.29, 1.82) is 0 Å². The molecule has 0 aliphatic heterocycles. The topological polar surface area (TPSA) is 82.2 Å². The molecule has 0 aromatic carbocycles. The monoisotopic (exact) mass is 284 g/mol. The zero-order chi connectivity index (χ0) is 14.4. The Labute approximate surface area is 116 Å². The third-order valence-corrected chi connectivity index (χ3v) is 3.60. The number of hydrogen-bond acceptors (Lipinski definition) is 4. The van der Waals surface area contributed by atoms with Crippen LogP contribution in [0.3, 0.4) is 0 Å². The van der Waals surface area contributed by atoms with Gasteiger partial charge < -0.3 is 15.4 Å². The third kappa shape index (κ3) is 4.40. The lowest BCUT2D eigenvalue weighted by Crippen LogP contribution is -2.35. The molecule has 106 valence electrons. The molecule has 5 nitrogen and oxygen atoms in total. The van der Waals surface area contributed by atoms with Gasteiger partial charge in [0.05, 0.1) is 6.54 Å². The maximum absolute atomic E-state index is 11.7. The zero-order valence-electron chi connectivity index (χ0n) is 11.4. The maximum atomic E-state index is 11.7. The second-order valence-electron chi connectivity index (χ2n) is 4.42. The average Bonchev–Trinajstić information content (AvgIpc) is 2.41. The Hall–Kier alpha value is -1.27. The first-order valence-corrected chi connectivity index (χ1v) is 7.49. The lowest BCUT2D eigenvalue weighted by Gasteiger charge is -2.12. The zero-order valence-corrected chi connectivity index (χ0v) is 12.3. The van der Waals surface area contributed by atoms with E-state index in [0.29, 0.717) is 23.2 Å². The fourth-order valence-corrected chi connectivity index (χ4v) is 2.10. The van der Waals surface area contributed by atoms with E-state index in [1.54, 1.807) is 31.8 Å². The van der Waals surface area contributed by atoms with Crippen molar-refractivity contribution in [1.82, 2.24) is 10.3 Å². The van der Waals surface area contributed by atoms with E-state index >= 15 is 0 Å². The van der Waals surface area contributed by atoms with Gasteiger partial charge in [-0.05, 0) is 32.3 Å². The molecular formula is C13H20N2O3S. The molecule has 0 aliphatic carbocycles. The van der Waals surface area contributed by atoms with E-state index in [1.807, 2.05) is 6.26 Å². The van der Waals surface area contributed by atoms with Crippen molar-refractivity contribution in [2.75, 3.05) is 12.0 Å². The highest BCUT2D eigenvalue weighted by molar-refractivity contribution is 7.98. The molecule has 0 saturated heterocycles. The summed E-state index contributed by atoms with van der Waals surface area (Å²) in [6.07, 6.45) is 2.98. The molecule has 0 radical (unpaired) electrons. The molecule has 19 heavy (non-hydrogen) atoms. The molecule has 0 spiro atoms. The number of rotatable bonds is 6. The number of hydrogen-bond donors (Lipinski definition) is 3. The Kier molecular flexibility index (Phi) is 6.11. The fraction of sp³-hybridized carbons (Fsp3) is 0.538. The van der Waals surface area contributed by atoms with Crippen LogP contribution in [0.1, 0.15) is 23.2 Å². The van der Waals surface area contributed by atoms with Gasteiger partial charge in [0.25, 0.3) is 0 Å². The van der Waals surface area contributed by atoms with Gasteiger partial charge in [0.2, 0.25) is 5.91 Å². The van der Waals surface area contributed by atoms with Crippen LogP contribution in [0.25, 0.3) is 0 Å². The van der Waals surface area contributed by atoms with Gasteiger partial charge in [0.15, 0.2) is 5.43 Å². The fourth-order valence-electron chi connectivity index (χ4n) is 1.64. The van der Waals surface area contributed by atoms with Gasteiger partial charge in [0.1, 0.15) is 6.10 Å². The first-order valence-electron chi connectivity index (χ1n) is 6.09. The van der Waals surface area contributed by atoms with E-state index in [-0.39, 0.29) is 12.0 Å². The van der Waals surface area contributed by atoms with Crippen molar-refractivity contribution in [2.24, 2.45) is 0 Å². The minimum absolute atomic E-state index is 0.0223. The summed E-state index contributed by atoms with van der Waals surface area (Å²) in [6.45, 7) is 3.67. The van der Waals surface area contributed by atoms with Gasteiger partial charge in [-0.2, -0.15) is 11.8 Å². The molecule has 1 amide bonds. The van der Waals surface area contributed by atoms with Gasteiger partial charge in [-0.3, -0.25) is 9.59 Å². The number of aliphatic hydroxyl groups excluding tert-OH is 1. The smallest absolute Gasteiger partial charge is 0.249 e. The molecule has 6 heteroatoms. The second-order valence-corrected chi connectivity index (χ2v) is 5.41. The lowest BCUT2D eigenvalue weighted by atomic mass is 10.1. The molecule has 0 unspecified atom stereocenters. The molecule has 0 aliphatic rings. The highest BCUT2D eigenvalue weighted by Crippen LogP contribution is 2.03. The van der Waals surface area contributed by atoms with Crippen molar-refractivity contribution in [2.45, 2.75) is 32.9 Å². The number of pyridine rings is 1. The molecular weight excluding hydrogens is 264 g/mol. The number of carbonyl (C=O) groups is 1. The summed E-state index contributed by atoms with van der Waals surface area (Å²) in [4.78, 5) is 26.3. The number of H-pyrrole nitrogens is 1. The Morgan fingerprint density at radius 3 is 2.84 bits per heavy atom. The van der Waals surface area contributed by atoms with E-state index in [0.717, 1.165) is 5.75 Å². The Bertz CT molecular complexity index is 499. The van der Waals surface area contributed by atoms with E-state index < -0.39 is 12.0 Å². The normalized spacial score (nSPS) is 12.2. The Morgan fingerprint density at radius 1 is 1.53 bits per heavy atom. The average molecular weight is 284 g/mol. The SMILES string of the molecule is CSCC[C@H](O)C(=O)NCc1[nH]cc(C)c(=O)c1C. The number of nitrogens with one attached hydrogen (secondary N) is 2. The molecule has 1 aromatic heterocycles. The first-order chi connectivity index (χ1) is 8.97. The minimum atomic E-state index is -0.995. The van der Waals surface area contributed by atoms with E-state index in [9.17, 15) is 14.7 Å². The van der Waals surface area contributed by atoms with Crippen LogP contribution in [0.4, 0.5) is 0 Å². The van der Waals surface area contributed by atoms with E-state index in [2.05, 4.69) is 10.3 Å². The lowest BCUT2D eigenvalue weighted by molar-refractivity contribution is -0.129. The van der Waals surface area contributed by atoms with Crippen LogP contribution in [-0.2, 0) is 11.3 Å². The standard InChI is InChI=1S/C13H20N2O3S/c1-8-6-14-10(9(2)12(8)17)7-15-13(18)11(16)4-5-19-3/h6,11,16H,4-5,7H2,1-3H3,(H,14,17)(H,15,18)/t11-/m0/s1. The van der Waals surface area contributed by atoms with Gasteiger partial charge in [-0.1, -0.05) is 0 Å². The summed E-state index contributed by atoms with van der Waals surface area (Å²) in [5.41, 5.74) is 1.89. The number of aliphatic hydroxyl groups is 1. The number of carbonyl (C=O) groups excluding carboxylic acids is 1. The van der Waals surface area contributed by atoms with Crippen molar-refractivity contribution >= 4 is 17.7 Å². The van der Waals surface area contributed by atoms with E-state index in [4.69, 9.17) is 0 Å². The van der Waals surface area contributed by atoms with Crippen LogP contribution in [0.5, 0.6) is 0 Å². The predicted molar refractivity (Wildman–Crippen MR) is 77.4 cm³/mol. The minimum Gasteiger partial charge on any atom is -0.383 e. The Balaban J connectivity index is 2.60. The highest BCUT2D eigenvalue weighted by Gasteiger charge is 2.14. The van der Waals surface area contributed by atoms with Crippen LogP contribution in [0.15, 0.2) is 11.0 Å². The molecule has 0 saturated carbocycles. The number of aryl methyl sites for hydroxylation is 1. The van der Waals surface area contributed by atoms with Crippen molar-refractivity contribution < 1.29 is 9.90 Å². The Morgan fingerprint density at radius 2 is 2.21 bits per heavy atom. The molecule has 1 heterocycles. The van der Waals surface area contributed by atoms with Gasteiger partial charge in [-0.15, -0.1) is 0 Å². The largest absolute Gasteiger partial charge is 0.383 e. The third-order valence-electron chi connectivity index (χ3n) is 2.95. The summed E-state index contributed by atoms with van der Waals surface area (Å²) >= 11 is 1.58. The summed E-state index contributed by atoms with van der Waals surface area (Å²) in [7, 11) is 0. The van der Waals surface area contributed by atoms with E-state index in [1.165, 1.54) is 0 Å². The molecule has 3 N–H and O–H groups in total. The van der Waals surface area contributed by atoms with Crippen LogP contribution in [0, 0.1) is 13.8 Å². The maximum Gasteiger partial charge on any atom is 0.249 e. The van der Waals surface area contributed by atoms with Crippen LogP contribution in [0.2, 0.25) is 0 Å². The summed E-state index contributed by atoms with van der Waals surface area (Å²) < 4.78 is 0. The predicted octanol–water partition coefficient (Wildman–Crippen LogP) is 0.722. The highest BCUT2D eigenvalue weighted by atomic mass is 32.2. The quantitative estimate of drug-likeness (QED) is 0.719. The van der Waals surface area contributed by atoms with Crippen LogP contribution >= 0.6 is 11.8 Å². The molecule has 1 aromatic rings. The van der Waals surface area contributed by atoms with Crippen LogP contribution < -0.4 is 10.7 Å². The second kappa shape index (κ2) is 7.35. The molecule has 1 atom stereocenters. The summed E-state index contributed by atoms with van der Waals surface area (Å²) in [5, 5.41) is 12.2. The number of thioether (sulfide) groups is 1. The number of aromatic nitrogens is 1. The molecule has 0 fully saturated rings. The summed E-state index contributed by atoms with van der Waals surface area (Å²) in [5.74, 6) is 0.324. The number of aromatic amines is 1. The van der Waals surface area contributed by atoms with Crippen molar-refractivity contribution in [3.63, 3.8) is 0 Å². The molecule has 1 rings (SSSR count). The van der Waals surface area contributed by atoms with Crippen molar-refractivity contribution in [3.05, 3.63) is 33.2 Å².